The van der Waals surface area contributed by atoms with Crippen LogP contribution in [0.25, 0.3) is 11.2 Å². The van der Waals surface area contributed by atoms with Crippen LogP contribution < -0.4 is 11.1 Å². The second kappa shape index (κ2) is 7.38. The SMILES string of the molecule is NC(=O)c1ccc2c(c1)CC[C@H]2Nc1nc(Cl)nc2c1ncn2[C@@H]1SC[C@@H](O)[C@H]1O. The third-order valence-corrected chi connectivity index (χ3v) is 7.16. The number of hydrogen-bond donors (Lipinski definition) is 4. The molecule has 2 aromatic heterocycles. The summed E-state index contributed by atoms with van der Waals surface area (Å²) in [6.07, 6.45) is 1.51. The van der Waals surface area contributed by atoms with Gasteiger partial charge in [0.25, 0.3) is 0 Å². The summed E-state index contributed by atoms with van der Waals surface area (Å²) in [4.78, 5) is 24.5. The largest absolute Gasteiger partial charge is 0.389 e. The van der Waals surface area contributed by atoms with Gasteiger partial charge in [-0.3, -0.25) is 9.36 Å². The molecule has 0 saturated carbocycles. The van der Waals surface area contributed by atoms with E-state index in [0.29, 0.717) is 28.3 Å². The number of anilines is 1. The second-order valence-electron chi connectivity index (χ2n) is 7.46. The lowest BCUT2D eigenvalue weighted by atomic mass is 10.0. The third kappa shape index (κ3) is 3.20. The molecule has 5 rings (SSSR count). The number of amides is 1. The van der Waals surface area contributed by atoms with Crippen molar-refractivity contribution in [2.45, 2.75) is 36.5 Å². The van der Waals surface area contributed by atoms with E-state index in [1.54, 1.807) is 17.0 Å². The zero-order valence-corrected chi connectivity index (χ0v) is 17.3. The molecule has 9 nitrogen and oxygen atoms in total. The van der Waals surface area contributed by atoms with E-state index in [0.717, 1.165) is 24.0 Å². The van der Waals surface area contributed by atoms with Crippen LogP contribution in [-0.2, 0) is 6.42 Å². The number of carbonyl (C=O) groups is 1. The number of benzene rings is 1. The minimum Gasteiger partial charge on any atom is -0.389 e. The lowest BCUT2D eigenvalue weighted by Crippen LogP contribution is -2.27. The molecule has 1 aromatic carbocycles. The number of nitrogens with two attached hydrogens (primary N) is 1. The maximum absolute atomic E-state index is 11.4. The average Bonchev–Trinajstić information content (AvgIpc) is 3.40. The minimum atomic E-state index is -0.918. The topological polar surface area (TPSA) is 139 Å². The highest BCUT2D eigenvalue weighted by Crippen LogP contribution is 2.40. The number of thioether (sulfide) groups is 1. The maximum atomic E-state index is 11.4. The van der Waals surface area contributed by atoms with Crippen LogP contribution in [0.4, 0.5) is 5.82 Å². The molecule has 1 fully saturated rings. The number of nitrogens with one attached hydrogen (secondary N) is 1. The van der Waals surface area contributed by atoms with E-state index in [4.69, 9.17) is 17.3 Å². The summed E-state index contributed by atoms with van der Waals surface area (Å²) in [5.74, 6) is 0.487. The van der Waals surface area contributed by atoms with Crippen molar-refractivity contribution in [3.05, 3.63) is 46.5 Å². The van der Waals surface area contributed by atoms with Gasteiger partial charge in [0.1, 0.15) is 11.5 Å². The van der Waals surface area contributed by atoms with Crippen molar-refractivity contribution < 1.29 is 15.0 Å². The molecule has 4 atom stereocenters. The molecule has 0 bridgehead atoms. The van der Waals surface area contributed by atoms with E-state index in [1.165, 1.54) is 11.8 Å². The van der Waals surface area contributed by atoms with Crippen LogP contribution in [0.1, 0.15) is 39.3 Å². The molecule has 30 heavy (non-hydrogen) atoms. The van der Waals surface area contributed by atoms with Crippen molar-refractivity contribution in [2.24, 2.45) is 5.73 Å². The molecule has 1 amide bonds. The van der Waals surface area contributed by atoms with Gasteiger partial charge in [0.15, 0.2) is 17.0 Å². The van der Waals surface area contributed by atoms with Crippen molar-refractivity contribution >= 4 is 46.3 Å². The van der Waals surface area contributed by atoms with Gasteiger partial charge >= 0.3 is 0 Å². The number of aliphatic hydroxyl groups excluding tert-OH is 2. The molecule has 2 aliphatic rings. The Morgan fingerprint density at radius 1 is 1.33 bits per heavy atom. The summed E-state index contributed by atoms with van der Waals surface area (Å²) in [5, 5.41) is 23.2. The third-order valence-electron chi connectivity index (χ3n) is 5.61. The highest BCUT2D eigenvalue weighted by molar-refractivity contribution is 7.99. The molecule has 0 unspecified atom stereocenters. The van der Waals surface area contributed by atoms with Gasteiger partial charge in [-0.1, -0.05) is 6.07 Å². The van der Waals surface area contributed by atoms with Crippen LogP contribution in [0.3, 0.4) is 0 Å². The number of halogens is 1. The molecule has 3 heterocycles. The number of carbonyl (C=O) groups excluding carboxylic acids is 1. The van der Waals surface area contributed by atoms with E-state index in [-0.39, 0.29) is 11.3 Å². The quantitative estimate of drug-likeness (QED) is 0.443. The first kappa shape index (κ1) is 19.6. The zero-order valence-electron chi connectivity index (χ0n) is 15.7. The first-order valence-electron chi connectivity index (χ1n) is 9.49. The Hall–Kier alpha value is -2.40. The molecule has 0 spiro atoms. The molecule has 1 aliphatic heterocycles. The number of aliphatic hydroxyl groups is 2. The molecule has 0 radical (unpaired) electrons. The van der Waals surface area contributed by atoms with Gasteiger partial charge in [-0.15, -0.1) is 11.8 Å². The smallest absolute Gasteiger partial charge is 0.248 e. The highest BCUT2D eigenvalue weighted by atomic mass is 35.5. The Kier molecular flexibility index (Phi) is 4.81. The Morgan fingerprint density at radius 3 is 2.90 bits per heavy atom. The fourth-order valence-corrected chi connectivity index (χ4v) is 5.54. The monoisotopic (exact) mass is 446 g/mol. The molecule has 11 heteroatoms. The summed E-state index contributed by atoms with van der Waals surface area (Å²) in [5.41, 5.74) is 9.06. The number of hydrogen-bond acceptors (Lipinski definition) is 8. The second-order valence-corrected chi connectivity index (χ2v) is 8.95. The number of fused-ring (bicyclic) bond motifs is 2. The number of imidazole rings is 1. The van der Waals surface area contributed by atoms with Crippen molar-refractivity contribution in [3.8, 4) is 0 Å². The fourth-order valence-electron chi connectivity index (χ4n) is 4.09. The van der Waals surface area contributed by atoms with E-state index < -0.39 is 23.5 Å². The molecule has 1 aliphatic carbocycles. The standard InChI is InChI=1S/C19H19ClN6O3S/c20-19-24-16(23-11-4-2-8-5-9(15(21)29)1-3-10(8)11)13-17(25-19)26(7-22-13)18-14(28)12(27)6-30-18/h1,3,5,7,11-12,14,18,27-28H,2,4,6H2,(H2,21,29)(H,23,24,25)/t11-,12-,14-,18-/m1/s1. The summed E-state index contributed by atoms with van der Waals surface area (Å²) >= 11 is 7.62. The lowest BCUT2D eigenvalue weighted by molar-refractivity contribution is 0.0313. The van der Waals surface area contributed by atoms with E-state index in [2.05, 4.69) is 20.3 Å². The molecule has 156 valence electrons. The minimum absolute atomic E-state index is 0.0190. The van der Waals surface area contributed by atoms with Crippen LogP contribution >= 0.6 is 23.4 Å². The Labute approximate surface area is 180 Å². The predicted molar refractivity (Wildman–Crippen MR) is 113 cm³/mol. The summed E-state index contributed by atoms with van der Waals surface area (Å²) in [6.45, 7) is 0. The Morgan fingerprint density at radius 2 is 2.17 bits per heavy atom. The maximum Gasteiger partial charge on any atom is 0.248 e. The molecular weight excluding hydrogens is 428 g/mol. The van der Waals surface area contributed by atoms with Gasteiger partial charge in [0, 0.05) is 11.3 Å². The normalized spacial score (nSPS) is 25.6. The summed E-state index contributed by atoms with van der Waals surface area (Å²) in [7, 11) is 0. The Balaban J connectivity index is 1.49. The summed E-state index contributed by atoms with van der Waals surface area (Å²) in [6, 6.07) is 5.45. The number of nitrogens with zero attached hydrogens (tertiary/aromatic N) is 4. The highest BCUT2D eigenvalue weighted by Gasteiger charge is 2.37. The molecule has 3 aromatic rings. The Bertz CT molecular complexity index is 1150. The van der Waals surface area contributed by atoms with Crippen molar-refractivity contribution in [3.63, 3.8) is 0 Å². The van der Waals surface area contributed by atoms with Crippen LogP contribution in [0.5, 0.6) is 0 Å². The first-order valence-corrected chi connectivity index (χ1v) is 10.9. The van der Waals surface area contributed by atoms with Crippen molar-refractivity contribution in [2.75, 3.05) is 11.1 Å². The number of rotatable bonds is 4. The van der Waals surface area contributed by atoms with Gasteiger partial charge in [-0.05, 0) is 47.7 Å². The number of primary amides is 1. The van der Waals surface area contributed by atoms with Gasteiger partial charge in [-0.25, -0.2) is 4.98 Å². The molecule has 5 N–H and O–H groups in total. The van der Waals surface area contributed by atoms with Gasteiger partial charge in [0.05, 0.1) is 18.5 Å². The van der Waals surface area contributed by atoms with Crippen LogP contribution in [0.2, 0.25) is 5.28 Å². The number of aryl methyl sites for hydroxylation is 1. The van der Waals surface area contributed by atoms with Gasteiger partial charge in [0.2, 0.25) is 11.2 Å². The van der Waals surface area contributed by atoms with Crippen molar-refractivity contribution in [1.29, 1.82) is 0 Å². The number of aromatic nitrogens is 4. The van der Waals surface area contributed by atoms with Gasteiger partial charge in [-0.2, -0.15) is 9.97 Å². The van der Waals surface area contributed by atoms with E-state index in [9.17, 15) is 15.0 Å². The van der Waals surface area contributed by atoms with Crippen LogP contribution in [0.15, 0.2) is 24.5 Å². The lowest BCUT2D eigenvalue weighted by Gasteiger charge is -2.18. The van der Waals surface area contributed by atoms with E-state index >= 15 is 0 Å². The molecule has 1 saturated heterocycles. The fraction of sp³-hybridized carbons (Fsp3) is 0.368. The van der Waals surface area contributed by atoms with Crippen LogP contribution in [-0.4, -0.2) is 53.6 Å². The van der Waals surface area contributed by atoms with Gasteiger partial charge < -0.3 is 21.3 Å². The summed E-state index contributed by atoms with van der Waals surface area (Å²) < 4.78 is 1.72. The van der Waals surface area contributed by atoms with E-state index in [1.807, 2.05) is 12.1 Å². The first-order chi connectivity index (χ1) is 14.4. The molecular formula is C19H19ClN6O3S. The predicted octanol–water partition coefficient (Wildman–Crippen LogP) is 1.65. The van der Waals surface area contributed by atoms with Crippen LogP contribution in [0, 0.1) is 0 Å². The van der Waals surface area contributed by atoms with Crippen molar-refractivity contribution in [1.82, 2.24) is 19.5 Å². The zero-order chi connectivity index (χ0) is 21.0. The average molecular weight is 447 g/mol.